The molecule has 0 radical (unpaired) electrons. The van der Waals surface area contributed by atoms with Gasteiger partial charge in [0.2, 0.25) is 5.95 Å². The maximum Gasteiger partial charge on any atom is 0.308 e. The number of carboxylic acid groups (broad SMARTS) is 1. The third-order valence-corrected chi connectivity index (χ3v) is 3.92. The Labute approximate surface area is 133 Å². The molecule has 1 aromatic rings. The predicted molar refractivity (Wildman–Crippen MR) is 82.2 cm³/mol. The van der Waals surface area contributed by atoms with Gasteiger partial charge in [-0.25, -0.2) is 9.97 Å². The van der Waals surface area contributed by atoms with Crippen molar-refractivity contribution in [3.63, 3.8) is 0 Å². The molecule has 1 saturated heterocycles. The van der Waals surface area contributed by atoms with Gasteiger partial charge in [-0.15, -0.1) is 0 Å². The van der Waals surface area contributed by atoms with Gasteiger partial charge in [-0.05, 0) is 12.8 Å². The van der Waals surface area contributed by atoms with Gasteiger partial charge in [0.1, 0.15) is 0 Å². The molecule has 0 unspecified atom stereocenters. The lowest BCUT2D eigenvalue weighted by Crippen LogP contribution is -2.34. The molecule has 22 heavy (non-hydrogen) atoms. The van der Waals surface area contributed by atoms with Crippen molar-refractivity contribution in [1.29, 1.82) is 0 Å². The number of hydrogen-bond donors (Lipinski definition) is 1. The van der Waals surface area contributed by atoms with E-state index in [-0.39, 0.29) is 17.3 Å². The van der Waals surface area contributed by atoms with Gasteiger partial charge in [-0.2, -0.15) is 0 Å². The van der Waals surface area contributed by atoms with Gasteiger partial charge in [0.25, 0.3) is 5.91 Å². The minimum atomic E-state index is -0.953. The molecular formula is C14H19ClN4O3. The van der Waals surface area contributed by atoms with Crippen LogP contribution in [0, 0.1) is 5.92 Å². The van der Waals surface area contributed by atoms with Crippen molar-refractivity contribution in [3.8, 4) is 0 Å². The van der Waals surface area contributed by atoms with E-state index in [4.69, 9.17) is 16.7 Å². The fourth-order valence-corrected chi connectivity index (χ4v) is 2.50. The van der Waals surface area contributed by atoms with Crippen LogP contribution in [0.15, 0.2) is 6.20 Å². The van der Waals surface area contributed by atoms with Crippen molar-refractivity contribution in [2.24, 2.45) is 5.92 Å². The van der Waals surface area contributed by atoms with Crippen LogP contribution in [0.1, 0.15) is 30.3 Å². The first-order chi connectivity index (χ1) is 10.4. The van der Waals surface area contributed by atoms with Crippen LogP contribution in [-0.2, 0) is 4.79 Å². The van der Waals surface area contributed by atoms with Crippen molar-refractivity contribution >= 4 is 29.4 Å². The number of halogens is 1. The highest BCUT2D eigenvalue weighted by atomic mass is 35.5. The number of rotatable bonds is 5. The highest BCUT2D eigenvalue weighted by Crippen LogP contribution is 2.21. The van der Waals surface area contributed by atoms with E-state index < -0.39 is 17.8 Å². The molecule has 7 nitrogen and oxygen atoms in total. The van der Waals surface area contributed by atoms with Crippen molar-refractivity contribution in [2.75, 3.05) is 31.6 Å². The Morgan fingerprint density at radius 2 is 2.09 bits per heavy atom. The Morgan fingerprint density at radius 1 is 1.45 bits per heavy atom. The molecule has 1 N–H and O–H groups in total. The molecule has 8 heteroatoms. The summed E-state index contributed by atoms with van der Waals surface area (Å²) in [4.78, 5) is 35.1. The van der Waals surface area contributed by atoms with E-state index in [1.165, 1.54) is 18.1 Å². The molecule has 1 amide bonds. The number of hydrogen-bond acceptors (Lipinski definition) is 5. The number of anilines is 1. The largest absolute Gasteiger partial charge is 0.481 e. The second-order valence-electron chi connectivity index (χ2n) is 5.49. The standard InChI is InChI=1S/C14H19ClN4O3/c1-9(13(21)22)8-18(2)12(20)11-10(15)7-16-14(17-11)19-5-3-4-6-19/h7,9H,3-6,8H2,1-2H3,(H,21,22)/t9-/m1/s1. The van der Waals surface area contributed by atoms with Crippen LogP contribution >= 0.6 is 11.6 Å². The molecule has 1 aliphatic rings. The maximum atomic E-state index is 12.4. The van der Waals surface area contributed by atoms with Gasteiger partial charge in [-0.3, -0.25) is 9.59 Å². The topological polar surface area (TPSA) is 86.6 Å². The molecule has 1 fully saturated rings. The van der Waals surface area contributed by atoms with Crippen molar-refractivity contribution in [2.45, 2.75) is 19.8 Å². The van der Waals surface area contributed by atoms with Crippen LogP contribution in [0.2, 0.25) is 5.02 Å². The van der Waals surface area contributed by atoms with Gasteiger partial charge in [0.15, 0.2) is 5.69 Å². The fourth-order valence-electron chi connectivity index (χ4n) is 2.33. The highest BCUT2D eigenvalue weighted by Gasteiger charge is 2.24. The first-order valence-corrected chi connectivity index (χ1v) is 7.53. The second-order valence-corrected chi connectivity index (χ2v) is 5.89. The lowest BCUT2D eigenvalue weighted by Gasteiger charge is -2.21. The van der Waals surface area contributed by atoms with E-state index in [2.05, 4.69) is 9.97 Å². The number of carbonyl (C=O) groups is 2. The smallest absolute Gasteiger partial charge is 0.308 e. The van der Waals surface area contributed by atoms with Crippen molar-refractivity contribution < 1.29 is 14.7 Å². The first kappa shape index (κ1) is 16.5. The molecule has 2 heterocycles. The average Bonchev–Trinajstić information content (AvgIpc) is 3.01. The number of aliphatic carboxylic acids is 1. The summed E-state index contributed by atoms with van der Waals surface area (Å²) in [5.41, 5.74) is 0.110. The maximum absolute atomic E-state index is 12.4. The predicted octanol–water partition coefficient (Wildman–Crippen LogP) is 1.52. The molecule has 0 spiro atoms. The van der Waals surface area contributed by atoms with E-state index in [0.29, 0.717) is 5.95 Å². The molecular weight excluding hydrogens is 308 g/mol. The summed E-state index contributed by atoms with van der Waals surface area (Å²) in [5.74, 6) is -1.52. The van der Waals surface area contributed by atoms with Crippen LogP contribution in [0.4, 0.5) is 5.95 Å². The van der Waals surface area contributed by atoms with Crippen LogP contribution in [-0.4, -0.2) is 58.5 Å². The van der Waals surface area contributed by atoms with Gasteiger partial charge in [0.05, 0.1) is 17.1 Å². The summed E-state index contributed by atoms with van der Waals surface area (Å²) in [6.07, 6.45) is 3.57. The van der Waals surface area contributed by atoms with E-state index in [1.54, 1.807) is 6.92 Å². The Bertz CT molecular complexity index is 575. The van der Waals surface area contributed by atoms with Gasteiger partial charge in [0, 0.05) is 26.7 Å². The van der Waals surface area contributed by atoms with Crippen LogP contribution in [0.5, 0.6) is 0 Å². The highest BCUT2D eigenvalue weighted by molar-refractivity contribution is 6.33. The van der Waals surface area contributed by atoms with Crippen LogP contribution in [0.3, 0.4) is 0 Å². The average molecular weight is 327 g/mol. The van der Waals surface area contributed by atoms with E-state index in [1.807, 2.05) is 4.90 Å². The number of aromatic nitrogens is 2. The number of amides is 1. The summed E-state index contributed by atoms with van der Waals surface area (Å²) in [6.45, 7) is 3.36. The van der Waals surface area contributed by atoms with Crippen molar-refractivity contribution in [3.05, 3.63) is 16.9 Å². The zero-order valence-electron chi connectivity index (χ0n) is 12.6. The lowest BCUT2D eigenvalue weighted by atomic mass is 10.1. The molecule has 0 aliphatic carbocycles. The number of carboxylic acids is 1. The normalized spacial score (nSPS) is 15.7. The molecule has 0 aromatic carbocycles. The van der Waals surface area contributed by atoms with Gasteiger partial charge < -0.3 is 14.9 Å². The second kappa shape index (κ2) is 6.91. The monoisotopic (exact) mass is 326 g/mol. The van der Waals surface area contributed by atoms with Crippen LogP contribution in [0.25, 0.3) is 0 Å². The molecule has 2 rings (SSSR count). The summed E-state index contributed by atoms with van der Waals surface area (Å²) in [7, 11) is 1.54. The number of carbonyl (C=O) groups excluding carboxylic acids is 1. The molecule has 0 bridgehead atoms. The lowest BCUT2D eigenvalue weighted by molar-refractivity contribution is -0.141. The Hall–Kier alpha value is -1.89. The Morgan fingerprint density at radius 3 is 2.68 bits per heavy atom. The fraction of sp³-hybridized carbons (Fsp3) is 0.571. The third-order valence-electron chi connectivity index (χ3n) is 3.64. The molecule has 120 valence electrons. The molecule has 1 aromatic heterocycles. The van der Waals surface area contributed by atoms with Gasteiger partial charge in [-0.1, -0.05) is 18.5 Å². The van der Waals surface area contributed by atoms with Crippen LogP contribution < -0.4 is 4.90 Å². The Balaban J connectivity index is 2.17. The minimum absolute atomic E-state index is 0.0908. The molecule has 0 saturated carbocycles. The van der Waals surface area contributed by atoms with Gasteiger partial charge >= 0.3 is 5.97 Å². The quantitative estimate of drug-likeness (QED) is 0.883. The van der Waals surface area contributed by atoms with E-state index in [9.17, 15) is 9.59 Å². The summed E-state index contributed by atoms with van der Waals surface area (Å²) >= 11 is 6.03. The summed E-state index contributed by atoms with van der Waals surface area (Å²) in [5, 5.41) is 9.10. The zero-order valence-corrected chi connectivity index (χ0v) is 13.4. The van der Waals surface area contributed by atoms with E-state index in [0.717, 1.165) is 25.9 Å². The zero-order chi connectivity index (χ0) is 16.3. The molecule has 1 aliphatic heterocycles. The number of nitrogens with zero attached hydrogens (tertiary/aromatic N) is 4. The first-order valence-electron chi connectivity index (χ1n) is 7.16. The minimum Gasteiger partial charge on any atom is -0.481 e. The Kier molecular flexibility index (Phi) is 5.18. The summed E-state index contributed by atoms with van der Waals surface area (Å²) in [6, 6.07) is 0. The molecule has 1 atom stereocenters. The summed E-state index contributed by atoms with van der Waals surface area (Å²) < 4.78 is 0. The third kappa shape index (κ3) is 3.65. The van der Waals surface area contributed by atoms with E-state index >= 15 is 0 Å². The SMILES string of the molecule is C[C@H](CN(C)C(=O)c1nc(N2CCCC2)ncc1Cl)C(=O)O. The van der Waals surface area contributed by atoms with Crippen molar-refractivity contribution in [1.82, 2.24) is 14.9 Å².